The van der Waals surface area contributed by atoms with Crippen LogP contribution in [0.15, 0.2) is 36.7 Å². The molecule has 0 saturated carbocycles. The van der Waals surface area contributed by atoms with Crippen LogP contribution in [0.5, 0.6) is 5.88 Å². The van der Waals surface area contributed by atoms with Crippen molar-refractivity contribution in [2.24, 2.45) is 0 Å². The maximum atomic E-state index is 10.6. The molecule has 3 rings (SSSR count). The van der Waals surface area contributed by atoms with Gasteiger partial charge in [0.15, 0.2) is 0 Å². The molecule has 1 heterocycles. The van der Waals surface area contributed by atoms with Crippen molar-refractivity contribution in [2.45, 2.75) is 25.0 Å². The number of fused-ring (bicyclic) bond motifs is 1. The van der Waals surface area contributed by atoms with Gasteiger partial charge in [-0.15, -0.1) is 0 Å². The monoisotopic (exact) mass is 271 g/mol. The summed E-state index contributed by atoms with van der Waals surface area (Å²) in [5.41, 5.74) is 1.40. The number of hydrogen-bond acceptors (Lipinski definition) is 5. The Bertz CT molecular complexity index is 628. The van der Waals surface area contributed by atoms with Crippen LogP contribution >= 0.6 is 0 Å². The lowest BCUT2D eigenvalue weighted by atomic mass is 9.97. The van der Waals surface area contributed by atoms with E-state index in [2.05, 4.69) is 15.3 Å². The van der Waals surface area contributed by atoms with Gasteiger partial charge >= 0.3 is 0 Å². The molecular formula is C15H17N3O2. The fraction of sp³-hybridized carbons (Fsp3) is 0.333. The Hall–Kier alpha value is -2.14. The number of nitrogens with one attached hydrogen (secondary N) is 1. The molecule has 1 aliphatic carbocycles. The Labute approximate surface area is 117 Å². The molecule has 1 aliphatic rings. The molecule has 20 heavy (non-hydrogen) atoms. The predicted octanol–water partition coefficient (Wildman–Crippen LogP) is 1.95. The largest absolute Gasteiger partial charge is 0.480 e. The number of benzene rings is 1. The fourth-order valence-corrected chi connectivity index (χ4v) is 2.70. The summed E-state index contributed by atoms with van der Waals surface area (Å²) in [7, 11) is 1.55. The van der Waals surface area contributed by atoms with E-state index in [0.29, 0.717) is 18.1 Å². The number of anilines is 1. The van der Waals surface area contributed by atoms with Gasteiger partial charge < -0.3 is 15.2 Å². The molecule has 2 N–H and O–H groups in total. The third kappa shape index (κ3) is 2.20. The van der Waals surface area contributed by atoms with E-state index in [0.717, 1.165) is 11.1 Å². The van der Waals surface area contributed by atoms with Crippen LogP contribution in [0.3, 0.4) is 0 Å². The zero-order valence-corrected chi connectivity index (χ0v) is 11.5. The number of aliphatic hydroxyl groups is 1. The van der Waals surface area contributed by atoms with E-state index in [1.807, 2.05) is 31.2 Å². The number of rotatable bonds is 3. The maximum Gasteiger partial charge on any atom is 0.233 e. The molecule has 2 atom stereocenters. The molecule has 0 fully saturated rings. The first kappa shape index (κ1) is 12.9. The first-order valence-electron chi connectivity index (χ1n) is 6.53. The molecular weight excluding hydrogens is 254 g/mol. The lowest BCUT2D eigenvalue weighted by Crippen LogP contribution is -2.34. The highest BCUT2D eigenvalue weighted by atomic mass is 16.5. The van der Waals surface area contributed by atoms with E-state index in [-0.39, 0.29) is 6.04 Å². The van der Waals surface area contributed by atoms with Gasteiger partial charge in [0.05, 0.1) is 31.1 Å². The van der Waals surface area contributed by atoms with Gasteiger partial charge in [0, 0.05) is 6.42 Å². The number of ether oxygens (including phenoxy) is 1. The average molecular weight is 271 g/mol. The Morgan fingerprint density at radius 1 is 1.35 bits per heavy atom. The molecule has 1 aromatic carbocycles. The van der Waals surface area contributed by atoms with Gasteiger partial charge in [0.25, 0.3) is 0 Å². The molecule has 0 spiro atoms. The number of methoxy groups -OCH3 is 1. The Balaban J connectivity index is 1.92. The van der Waals surface area contributed by atoms with Crippen LogP contribution in [-0.4, -0.2) is 27.8 Å². The van der Waals surface area contributed by atoms with Crippen LogP contribution in [-0.2, 0) is 6.42 Å². The standard InChI is InChI=1S/C15H17N3O2/c1-15(19)7-10-5-3-4-6-11(10)14(15)18-12-8-16-9-13(17-12)20-2/h3-6,8-9,14,19H,7H2,1-2H3,(H,17,18)/t14-,15+/m1/s1. The molecule has 2 aromatic rings. The van der Waals surface area contributed by atoms with Gasteiger partial charge in [-0.05, 0) is 18.1 Å². The minimum Gasteiger partial charge on any atom is -0.480 e. The SMILES string of the molecule is COc1cncc(N[C@@H]2c3ccccc3C[C@]2(C)O)n1. The lowest BCUT2D eigenvalue weighted by molar-refractivity contribution is 0.0514. The van der Waals surface area contributed by atoms with Gasteiger partial charge in [0.1, 0.15) is 5.82 Å². The molecule has 0 aliphatic heterocycles. The Kier molecular flexibility index (Phi) is 3.06. The number of nitrogens with zero attached hydrogens (tertiary/aromatic N) is 2. The number of aromatic nitrogens is 2. The summed E-state index contributed by atoms with van der Waals surface area (Å²) in [4.78, 5) is 8.36. The second kappa shape index (κ2) is 4.76. The van der Waals surface area contributed by atoms with Crippen LogP contribution in [0.4, 0.5) is 5.82 Å². The zero-order valence-electron chi connectivity index (χ0n) is 11.5. The van der Waals surface area contributed by atoms with Crippen LogP contribution in [0.2, 0.25) is 0 Å². The summed E-state index contributed by atoms with van der Waals surface area (Å²) in [5, 5.41) is 13.9. The smallest absolute Gasteiger partial charge is 0.233 e. The van der Waals surface area contributed by atoms with Crippen molar-refractivity contribution in [2.75, 3.05) is 12.4 Å². The second-order valence-electron chi connectivity index (χ2n) is 5.26. The van der Waals surface area contributed by atoms with E-state index in [1.54, 1.807) is 19.5 Å². The van der Waals surface area contributed by atoms with Crippen molar-refractivity contribution in [3.8, 4) is 5.88 Å². The first-order valence-corrected chi connectivity index (χ1v) is 6.53. The highest BCUT2D eigenvalue weighted by Crippen LogP contribution is 2.40. The molecule has 0 radical (unpaired) electrons. The highest BCUT2D eigenvalue weighted by Gasteiger charge is 2.41. The molecule has 0 saturated heterocycles. The van der Waals surface area contributed by atoms with Gasteiger partial charge in [-0.3, -0.25) is 4.98 Å². The van der Waals surface area contributed by atoms with E-state index in [4.69, 9.17) is 4.74 Å². The topological polar surface area (TPSA) is 67.3 Å². The van der Waals surface area contributed by atoms with Crippen LogP contribution in [0, 0.1) is 0 Å². The summed E-state index contributed by atoms with van der Waals surface area (Å²) in [6, 6.07) is 7.83. The third-order valence-electron chi connectivity index (χ3n) is 3.65. The summed E-state index contributed by atoms with van der Waals surface area (Å²) in [6.45, 7) is 1.83. The summed E-state index contributed by atoms with van der Waals surface area (Å²) >= 11 is 0. The minimum absolute atomic E-state index is 0.208. The lowest BCUT2D eigenvalue weighted by Gasteiger charge is -2.27. The summed E-state index contributed by atoms with van der Waals surface area (Å²) < 4.78 is 5.06. The van der Waals surface area contributed by atoms with Crippen molar-refractivity contribution >= 4 is 5.82 Å². The Morgan fingerprint density at radius 2 is 2.15 bits per heavy atom. The molecule has 5 heteroatoms. The van der Waals surface area contributed by atoms with Crippen molar-refractivity contribution in [1.82, 2.24) is 9.97 Å². The zero-order chi connectivity index (χ0) is 14.2. The van der Waals surface area contributed by atoms with Crippen molar-refractivity contribution in [1.29, 1.82) is 0 Å². The van der Waals surface area contributed by atoms with Gasteiger partial charge in [-0.1, -0.05) is 24.3 Å². The van der Waals surface area contributed by atoms with Crippen LogP contribution in [0.25, 0.3) is 0 Å². The molecule has 0 amide bonds. The highest BCUT2D eigenvalue weighted by molar-refractivity contribution is 5.46. The van der Waals surface area contributed by atoms with E-state index < -0.39 is 5.60 Å². The van der Waals surface area contributed by atoms with E-state index in [1.165, 1.54) is 0 Å². The molecule has 104 valence electrons. The average Bonchev–Trinajstić information content (AvgIpc) is 2.70. The van der Waals surface area contributed by atoms with Crippen molar-refractivity contribution in [3.05, 3.63) is 47.8 Å². The fourth-order valence-electron chi connectivity index (χ4n) is 2.70. The summed E-state index contributed by atoms with van der Waals surface area (Å²) in [5.74, 6) is 1.03. The predicted molar refractivity (Wildman–Crippen MR) is 75.7 cm³/mol. The minimum atomic E-state index is -0.853. The van der Waals surface area contributed by atoms with Crippen molar-refractivity contribution in [3.63, 3.8) is 0 Å². The van der Waals surface area contributed by atoms with E-state index in [9.17, 15) is 5.11 Å². The number of hydrogen-bond donors (Lipinski definition) is 2. The Morgan fingerprint density at radius 3 is 2.95 bits per heavy atom. The summed E-state index contributed by atoms with van der Waals surface area (Å²) in [6.07, 6.45) is 3.80. The molecule has 0 bridgehead atoms. The molecule has 5 nitrogen and oxygen atoms in total. The maximum absolute atomic E-state index is 10.6. The second-order valence-corrected chi connectivity index (χ2v) is 5.26. The normalized spacial score (nSPS) is 24.2. The third-order valence-corrected chi connectivity index (χ3v) is 3.65. The molecule has 0 unspecified atom stereocenters. The van der Waals surface area contributed by atoms with Gasteiger partial charge in [-0.25, -0.2) is 0 Å². The van der Waals surface area contributed by atoms with Gasteiger partial charge in [-0.2, -0.15) is 4.98 Å². The first-order chi connectivity index (χ1) is 9.60. The van der Waals surface area contributed by atoms with Crippen LogP contribution < -0.4 is 10.1 Å². The van der Waals surface area contributed by atoms with Crippen molar-refractivity contribution < 1.29 is 9.84 Å². The quantitative estimate of drug-likeness (QED) is 0.893. The van der Waals surface area contributed by atoms with Gasteiger partial charge in [0.2, 0.25) is 5.88 Å². The van der Waals surface area contributed by atoms with E-state index >= 15 is 0 Å². The van der Waals surface area contributed by atoms with Crippen LogP contribution in [0.1, 0.15) is 24.1 Å². The molecule has 1 aromatic heterocycles.